The van der Waals surface area contributed by atoms with Crippen LogP contribution in [-0.4, -0.2) is 22.1 Å². The molecule has 1 aromatic heterocycles. The van der Waals surface area contributed by atoms with Crippen molar-refractivity contribution >= 4 is 11.6 Å². The Morgan fingerprint density at radius 3 is 2.45 bits per heavy atom. The van der Waals surface area contributed by atoms with Crippen LogP contribution in [0.15, 0.2) is 36.7 Å². The van der Waals surface area contributed by atoms with E-state index in [1.165, 1.54) is 29.2 Å². The Kier molecular flexibility index (Phi) is 3.64. The van der Waals surface area contributed by atoms with Gasteiger partial charge in [-0.2, -0.15) is 5.10 Å². The third-order valence-electron chi connectivity index (χ3n) is 2.31. The highest BCUT2D eigenvalue weighted by molar-refractivity contribution is 6.03. The Bertz CT molecular complexity index is 605. The van der Waals surface area contributed by atoms with E-state index in [0.717, 1.165) is 12.1 Å². The summed E-state index contributed by atoms with van der Waals surface area (Å²) in [6.45, 7) is 0. The van der Waals surface area contributed by atoms with Gasteiger partial charge in [-0.25, -0.2) is 0 Å². The van der Waals surface area contributed by atoms with Crippen molar-refractivity contribution in [2.75, 3.05) is 5.32 Å². The van der Waals surface area contributed by atoms with Crippen LogP contribution < -0.4 is 10.1 Å². The minimum Gasteiger partial charge on any atom is -0.406 e. The van der Waals surface area contributed by atoms with E-state index >= 15 is 0 Å². The zero-order chi connectivity index (χ0) is 14.8. The summed E-state index contributed by atoms with van der Waals surface area (Å²) >= 11 is 0. The lowest BCUT2D eigenvalue weighted by Crippen LogP contribution is -2.17. The van der Waals surface area contributed by atoms with Crippen molar-refractivity contribution in [2.45, 2.75) is 6.36 Å². The molecule has 1 amide bonds. The number of nitrogens with one attached hydrogen (secondary N) is 1. The summed E-state index contributed by atoms with van der Waals surface area (Å²) in [5.74, 6) is -0.750. The minimum absolute atomic E-state index is 0.350. The largest absolute Gasteiger partial charge is 0.573 e. The van der Waals surface area contributed by atoms with Crippen molar-refractivity contribution in [1.82, 2.24) is 9.78 Å². The molecule has 2 rings (SSSR count). The van der Waals surface area contributed by atoms with Crippen molar-refractivity contribution in [3.05, 3.63) is 42.2 Å². The number of rotatable bonds is 3. The minimum atomic E-state index is -4.74. The number of carbonyl (C=O) groups is 1. The molecule has 0 saturated carbocycles. The van der Waals surface area contributed by atoms with E-state index in [4.69, 9.17) is 0 Å². The molecule has 0 fully saturated rings. The van der Waals surface area contributed by atoms with E-state index in [9.17, 15) is 18.0 Å². The normalized spacial score (nSPS) is 11.2. The zero-order valence-electron chi connectivity index (χ0n) is 10.3. The second-order valence-corrected chi connectivity index (χ2v) is 3.93. The van der Waals surface area contributed by atoms with Crippen LogP contribution in [0.4, 0.5) is 18.9 Å². The number of anilines is 1. The number of amides is 1. The molecule has 1 N–H and O–H groups in total. The van der Waals surface area contributed by atoms with Crippen molar-refractivity contribution in [1.29, 1.82) is 0 Å². The Labute approximate surface area is 112 Å². The highest BCUT2D eigenvalue weighted by Crippen LogP contribution is 2.24. The highest BCUT2D eigenvalue weighted by atomic mass is 19.4. The number of nitrogens with zero attached hydrogens (tertiary/aromatic N) is 2. The first-order valence-electron chi connectivity index (χ1n) is 5.49. The van der Waals surface area contributed by atoms with Crippen LogP contribution in [0.3, 0.4) is 0 Å². The number of benzene rings is 1. The molecule has 2 aromatic rings. The SMILES string of the molecule is Cn1cc(C(=O)Nc2ccc(OC(F)(F)F)cc2)cn1. The molecule has 1 heterocycles. The fraction of sp³-hybridized carbons (Fsp3) is 0.167. The van der Waals surface area contributed by atoms with E-state index < -0.39 is 12.3 Å². The lowest BCUT2D eigenvalue weighted by atomic mass is 10.2. The van der Waals surface area contributed by atoms with E-state index in [1.807, 2.05) is 0 Å². The van der Waals surface area contributed by atoms with Gasteiger partial charge < -0.3 is 10.1 Å². The Morgan fingerprint density at radius 2 is 1.95 bits per heavy atom. The van der Waals surface area contributed by atoms with Crippen molar-refractivity contribution < 1.29 is 22.7 Å². The van der Waals surface area contributed by atoms with Gasteiger partial charge in [-0.15, -0.1) is 13.2 Å². The first-order valence-corrected chi connectivity index (χ1v) is 5.49. The maximum absolute atomic E-state index is 12.0. The lowest BCUT2D eigenvalue weighted by Gasteiger charge is -2.09. The molecule has 8 heteroatoms. The molecule has 5 nitrogen and oxygen atoms in total. The number of hydrogen-bond acceptors (Lipinski definition) is 3. The van der Waals surface area contributed by atoms with Crippen molar-refractivity contribution in [3.8, 4) is 5.75 Å². The molecule has 0 aliphatic carbocycles. The number of alkyl halides is 3. The standard InChI is InChI=1S/C12H10F3N3O2/c1-18-7-8(6-16-18)11(19)17-9-2-4-10(5-3-9)20-12(13,14)15/h2-7H,1H3,(H,17,19). The van der Waals surface area contributed by atoms with E-state index in [2.05, 4.69) is 15.2 Å². The topological polar surface area (TPSA) is 56.2 Å². The molecular formula is C12H10F3N3O2. The Balaban J connectivity index is 2.02. The molecule has 0 bridgehead atoms. The molecular weight excluding hydrogens is 275 g/mol. The number of carbonyl (C=O) groups excluding carboxylic acids is 1. The third-order valence-corrected chi connectivity index (χ3v) is 2.31. The molecule has 0 unspecified atom stereocenters. The molecule has 0 aliphatic rings. The number of aryl methyl sites for hydroxylation is 1. The predicted molar refractivity (Wildman–Crippen MR) is 64.3 cm³/mol. The third kappa shape index (κ3) is 3.74. The smallest absolute Gasteiger partial charge is 0.406 e. The van der Waals surface area contributed by atoms with Gasteiger partial charge in [0.2, 0.25) is 0 Å². The first kappa shape index (κ1) is 13.9. The van der Waals surface area contributed by atoms with Gasteiger partial charge in [-0.1, -0.05) is 0 Å². The van der Waals surface area contributed by atoms with Gasteiger partial charge in [0.15, 0.2) is 0 Å². The second-order valence-electron chi connectivity index (χ2n) is 3.93. The summed E-state index contributed by atoms with van der Waals surface area (Å²) < 4.78 is 41.1. The van der Waals surface area contributed by atoms with Gasteiger partial charge >= 0.3 is 6.36 Å². The molecule has 0 saturated heterocycles. The lowest BCUT2D eigenvalue weighted by molar-refractivity contribution is -0.274. The average molecular weight is 285 g/mol. The van der Waals surface area contributed by atoms with E-state index in [-0.39, 0.29) is 5.75 Å². The van der Waals surface area contributed by atoms with Gasteiger partial charge in [0.1, 0.15) is 5.75 Å². The van der Waals surface area contributed by atoms with Crippen molar-refractivity contribution in [3.63, 3.8) is 0 Å². The second kappa shape index (κ2) is 5.24. The van der Waals surface area contributed by atoms with Crippen LogP contribution >= 0.6 is 0 Å². The van der Waals surface area contributed by atoms with Crippen molar-refractivity contribution in [2.24, 2.45) is 7.05 Å². The predicted octanol–water partition coefficient (Wildman–Crippen LogP) is 2.57. The van der Waals surface area contributed by atoms with Crippen LogP contribution in [0.5, 0.6) is 5.75 Å². The number of aromatic nitrogens is 2. The van der Waals surface area contributed by atoms with Gasteiger partial charge in [-0.05, 0) is 24.3 Å². The number of hydrogen-bond donors (Lipinski definition) is 1. The van der Waals surface area contributed by atoms with Crippen LogP contribution in [0.25, 0.3) is 0 Å². The molecule has 106 valence electrons. The monoisotopic (exact) mass is 285 g/mol. The van der Waals surface area contributed by atoms with Gasteiger partial charge in [0.25, 0.3) is 5.91 Å². The molecule has 0 radical (unpaired) electrons. The Hall–Kier alpha value is -2.51. The van der Waals surface area contributed by atoms with Gasteiger partial charge in [0, 0.05) is 18.9 Å². The molecule has 0 aliphatic heterocycles. The summed E-state index contributed by atoms with van der Waals surface area (Å²) in [6, 6.07) is 4.86. The Morgan fingerprint density at radius 1 is 1.30 bits per heavy atom. The maximum Gasteiger partial charge on any atom is 0.573 e. The number of ether oxygens (including phenoxy) is 1. The fourth-order valence-electron chi connectivity index (χ4n) is 1.48. The molecule has 1 aromatic carbocycles. The van der Waals surface area contributed by atoms with E-state index in [1.54, 1.807) is 7.05 Å². The van der Waals surface area contributed by atoms with Crippen LogP contribution in [0.1, 0.15) is 10.4 Å². The summed E-state index contributed by atoms with van der Waals surface area (Å²) in [4.78, 5) is 11.8. The summed E-state index contributed by atoms with van der Waals surface area (Å²) in [7, 11) is 1.67. The quantitative estimate of drug-likeness (QED) is 0.943. The van der Waals surface area contributed by atoms with Crippen LogP contribution in [-0.2, 0) is 7.05 Å². The molecule has 0 spiro atoms. The average Bonchev–Trinajstić information content (AvgIpc) is 2.77. The molecule has 20 heavy (non-hydrogen) atoms. The van der Waals surface area contributed by atoms with Gasteiger partial charge in [-0.3, -0.25) is 9.48 Å². The fourth-order valence-corrected chi connectivity index (χ4v) is 1.48. The highest BCUT2D eigenvalue weighted by Gasteiger charge is 2.30. The summed E-state index contributed by atoms with van der Waals surface area (Å²) in [5, 5.41) is 6.38. The maximum atomic E-state index is 12.0. The van der Waals surface area contributed by atoms with Crippen LogP contribution in [0, 0.1) is 0 Å². The molecule has 0 atom stereocenters. The zero-order valence-corrected chi connectivity index (χ0v) is 10.3. The summed E-state index contributed by atoms with van der Waals surface area (Å²) in [6.07, 6.45) is -1.83. The number of halogens is 3. The van der Waals surface area contributed by atoms with Crippen LogP contribution in [0.2, 0.25) is 0 Å². The van der Waals surface area contributed by atoms with E-state index in [0.29, 0.717) is 11.3 Å². The first-order chi connectivity index (χ1) is 9.33. The summed E-state index contributed by atoms with van der Waals surface area (Å²) in [5.41, 5.74) is 0.705. The van der Waals surface area contributed by atoms with Gasteiger partial charge in [0.05, 0.1) is 11.8 Å².